The fourth-order valence-corrected chi connectivity index (χ4v) is 1.47. The number of hydrogen-bond donors (Lipinski definition) is 2. The van der Waals surface area contributed by atoms with Crippen LogP contribution in [0.1, 0.15) is 12.8 Å². The third-order valence-electron chi connectivity index (χ3n) is 2.21. The van der Waals surface area contributed by atoms with E-state index in [0.717, 1.165) is 26.0 Å². The molecule has 1 aliphatic heterocycles. The van der Waals surface area contributed by atoms with Crippen LogP contribution < -0.4 is 10.9 Å². The molecule has 2 heterocycles. The van der Waals surface area contributed by atoms with Gasteiger partial charge in [-0.2, -0.15) is 5.10 Å². The molecule has 2 rings (SSSR count). The van der Waals surface area contributed by atoms with E-state index in [1.165, 1.54) is 6.07 Å². The molecule has 1 atom stereocenters. The van der Waals surface area contributed by atoms with Crippen LogP contribution in [0.2, 0.25) is 0 Å². The van der Waals surface area contributed by atoms with Crippen LogP contribution in [-0.4, -0.2) is 29.5 Å². The molecule has 1 saturated heterocycles. The first-order valence-corrected chi connectivity index (χ1v) is 4.76. The first-order chi connectivity index (χ1) is 6.84. The number of nitrogens with zero attached hydrogens (tertiary/aromatic N) is 1. The third-order valence-corrected chi connectivity index (χ3v) is 2.21. The minimum absolute atomic E-state index is 0.187. The first-order valence-electron chi connectivity index (χ1n) is 4.76. The molecule has 76 valence electrons. The Morgan fingerprint density at radius 3 is 3.21 bits per heavy atom. The van der Waals surface area contributed by atoms with Crippen molar-refractivity contribution in [1.82, 2.24) is 10.2 Å². The molecule has 1 aromatic rings. The predicted molar refractivity (Wildman–Crippen MR) is 52.3 cm³/mol. The fourth-order valence-electron chi connectivity index (χ4n) is 1.47. The molecule has 0 radical (unpaired) electrons. The average Bonchev–Trinajstić information content (AvgIpc) is 2.70. The van der Waals surface area contributed by atoms with Gasteiger partial charge < -0.3 is 10.1 Å². The Kier molecular flexibility index (Phi) is 2.78. The van der Waals surface area contributed by atoms with E-state index in [9.17, 15) is 4.79 Å². The second kappa shape index (κ2) is 4.23. The third kappa shape index (κ3) is 2.32. The number of H-pyrrole nitrogens is 1. The number of anilines is 1. The second-order valence-corrected chi connectivity index (χ2v) is 3.32. The summed E-state index contributed by atoms with van der Waals surface area (Å²) in [6, 6.07) is 3.11. The quantitative estimate of drug-likeness (QED) is 0.730. The van der Waals surface area contributed by atoms with Crippen LogP contribution in [0.25, 0.3) is 0 Å². The minimum Gasteiger partial charge on any atom is -0.376 e. The summed E-state index contributed by atoms with van der Waals surface area (Å²) in [4.78, 5) is 10.7. The maximum atomic E-state index is 10.7. The molecular formula is C9H13N3O2. The summed E-state index contributed by atoms with van der Waals surface area (Å²) in [5.41, 5.74) is -0.187. The van der Waals surface area contributed by atoms with Crippen LogP contribution in [0.5, 0.6) is 0 Å². The number of ether oxygens (including phenoxy) is 1. The lowest BCUT2D eigenvalue weighted by molar-refractivity contribution is 0.120. The summed E-state index contributed by atoms with van der Waals surface area (Å²) in [5, 5.41) is 9.31. The molecule has 14 heavy (non-hydrogen) atoms. The van der Waals surface area contributed by atoms with Crippen LogP contribution in [0.3, 0.4) is 0 Å². The predicted octanol–water partition coefficient (Wildman–Crippen LogP) is 0.361. The van der Waals surface area contributed by atoms with Gasteiger partial charge in [0.15, 0.2) is 0 Å². The van der Waals surface area contributed by atoms with E-state index >= 15 is 0 Å². The van der Waals surface area contributed by atoms with E-state index in [-0.39, 0.29) is 11.7 Å². The lowest BCUT2D eigenvalue weighted by atomic mass is 10.2. The Hall–Kier alpha value is -1.36. The van der Waals surface area contributed by atoms with Gasteiger partial charge in [0.05, 0.1) is 6.10 Å². The van der Waals surface area contributed by atoms with E-state index < -0.39 is 0 Å². The Bertz CT molecular complexity index is 324. The molecule has 5 heteroatoms. The maximum Gasteiger partial charge on any atom is 0.264 e. The van der Waals surface area contributed by atoms with E-state index in [2.05, 4.69) is 15.5 Å². The van der Waals surface area contributed by atoms with Crippen molar-refractivity contribution in [1.29, 1.82) is 0 Å². The molecule has 1 aromatic heterocycles. The van der Waals surface area contributed by atoms with Gasteiger partial charge in [0.2, 0.25) is 0 Å². The monoisotopic (exact) mass is 195 g/mol. The summed E-state index contributed by atoms with van der Waals surface area (Å²) in [6.07, 6.45) is 2.51. The number of nitrogens with one attached hydrogen (secondary N) is 2. The van der Waals surface area contributed by atoms with Gasteiger partial charge >= 0.3 is 0 Å². The van der Waals surface area contributed by atoms with Gasteiger partial charge in [-0.05, 0) is 18.9 Å². The van der Waals surface area contributed by atoms with Gasteiger partial charge in [0.25, 0.3) is 5.56 Å². The molecule has 0 aromatic carbocycles. The van der Waals surface area contributed by atoms with Crippen LogP contribution in [0, 0.1) is 0 Å². The van der Waals surface area contributed by atoms with E-state index in [1.54, 1.807) is 6.07 Å². The van der Waals surface area contributed by atoms with Crippen molar-refractivity contribution in [2.45, 2.75) is 18.9 Å². The zero-order chi connectivity index (χ0) is 9.80. The summed E-state index contributed by atoms with van der Waals surface area (Å²) in [7, 11) is 0. The number of aromatic nitrogens is 2. The average molecular weight is 195 g/mol. The second-order valence-electron chi connectivity index (χ2n) is 3.32. The molecular weight excluding hydrogens is 182 g/mol. The molecule has 1 fully saturated rings. The lowest BCUT2D eigenvalue weighted by Gasteiger charge is -2.10. The van der Waals surface area contributed by atoms with E-state index in [4.69, 9.17) is 4.74 Å². The van der Waals surface area contributed by atoms with Crippen LogP contribution in [0.4, 0.5) is 5.82 Å². The minimum atomic E-state index is -0.187. The number of rotatable bonds is 3. The van der Waals surface area contributed by atoms with Crippen molar-refractivity contribution >= 4 is 5.82 Å². The molecule has 0 bridgehead atoms. The molecule has 0 aliphatic carbocycles. The summed E-state index contributed by atoms with van der Waals surface area (Å²) >= 11 is 0. The molecule has 2 N–H and O–H groups in total. The van der Waals surface area contributed by atoms with Gasteiger partial charge in [-0.25, -0.2) is 5.10 Å². The van der Waals surface area contributed by atoms with Crippen molar-refractivity contribution < 1.29 is 4.74 Å². The van der Waals surface area contributed by atoms with Gasteiger partial charge in [-0.3, -0.25) is 4.79 Å². The fraction of sp³-hybridized carbons (Fsp3) is 0.556. The Balaban J connectivity index is 1.85. The molecule has 0 unspecified atom stereocenters. The summed E-state index contributed by atoms with van der Waals surface area (Å²) < 4.78 is 5.44. The maximum absolute atomic E-state index is 10.7. The topological polar surface area (TPSA) is 67.0 Å². The van der Waals surface area contributed by atoms with E-state index in [1.807, 2.05) is 0 Å². The van der Waals surface area contributed by atoms with E-state index in [0.29, 0.717) is 5.82 Å². The first kappa shape index (κ1) is 9.21. The zero-order valence-corrected chi connectivity index (χ0v) is 7.82. The highest BCUT2D eigenvalue weighted by Crippen LogP contribution is 2.12. The highest BCUT2D eigenvalue weighted by molar-refractivity contribution is 5.31. The van der Waals surface area contributed by atoms with Gasteiger partial charge in [0.1, 0.15) is 5.82 Å². The molecule has 0 spiro atoms. The van der Waals surface area contributed by atoms with Gasteiger partial charge in [-0.15, -0.1) is 0 Å². The van der Waals surface area contributed by atoms with Crippen LogP contribution in [-0.2, 0) is 4.74 Å². The standard InChI is InChI=1S/C9H13N3O2/c13-9-4-3-8(11-12-9)10-6-7-2-1-5-14-7/h3-4,7H,1-2,5-6H2,(H,10,11)(H,12,13)/t7-/m1/s1. The Labute approximate surface area is 81.5 Å². The highest BCUT2D eigenvalue weighted by Gasteiger charge is 2.14. The van der Waals surface area contributed by atoms with Gasteiger partial charge in [-0.1, -0.05) is 0 Å². The van der Waals surface area contributed by atoms with Gasteiger partial charge in [0, 0.05) is 19.2 Å². The largest absolute Gasteiger partial charge is 0.376 e. The SMILES string of the molecule is O=c1ccc(NC[C@H]2CCCO2)n[nH]1. The summed E-state index contributed by atoms with van der Waals surface area (Å²) in [5.74, 6) is 0.681. The smallest absolute Gasteiger partial charge is 0.264 e. The highest BCUT2D eigenvalue weighted by atomic mass is 16.5. The molecule has 5 nitrogen and oxygen atoms in total. The molecule has 1 aliphatic rings. The molecule has 0 saturated carbocycles. The number of hydrogen-bond acceptors (Lipinski definition) is 4. The van der Waals surface area contributed by atoms with Crippen molar-refractivity contribution in [3.63, 3.8) is 0 Å². The Morgan fingerprint density at radius 2 is 2.57 bits per heavy atom. The lowest BCUT2D eigenvalue weighted by Crippen LogP contribution is -2.20. The van der Waals surface area contributed by atoms with Crippen LogP contribution >= 0.6 is 0 Å². The number of aromatic amines is 1. The van der Waals surface area contributed by atoms with Crippen molar-refractivity contribution in [3.8, 4) is 0 Å². The van der Waals surface area contributed by atoms with Crippen molar-refractivity contribution in [3.05, 3.63) is 22.5 Å². The van der Waals surface area contributed by atoms with Crippen molar-refractivity contribution in [2.75, 3.05) is 18.5 Å². The van der Waals surface area contributed by atoms with Crippen molar-refractivity contribution in [2.24, 2.45) is 0 Å². The zero-order valence-electron chi connectivity index (χ0n) is 7.82. The summed E-state index contributed by atoms with van der Waals surface area (Å²) in [6.45, 7) is 1.60. The molecule has 0 amide bonds. The van der Waals surface area contributed by atoms with Crippen LogP contribution in [0.15, 0.2) is 16.9 Å². The Morgan fingerprint density at radius 1 is 1.64 bits per heavy atom. The normalized spacial score (nSPS) is 21.0.